The largest absolute Gasteiger partial charge is 0.490 e. The number of fused-ring (bicyclic) bond motifs is 2. The van der Waals surface area contributed by atoms with E-state index in [9.17, 15) is 96.3 Å². The molecule has 4 heterocycles. The van der Waals surface area contributed by atoms with Crippen molar-refractivity contribution in [2.45, 2.75) is 211 Å². The lowest BCUT2D eigenvalue weighted by molar-refractivity contribution is -0.148. The number of hydrogen-bond acceptors (Lipinski definition) is 24. The molecule has 12 atom stereocenters. The summed E-state index contributed by atoms with van der Waals surface area (Å²) in [5.74, 6) is -3.32. The van der Waals surface area contributed by atoms with E-state index in [1.54, 1.807) is 16.8 Å². The zero-order valence-corrected chi connectivity index (χ0v) is 71.3. The summed E-state index contributed by atoms with van der Waals surface area (Å²) >= 11 is 1.43. The molecule has 8 amide bonds. The summed E-state index contributed by atoms with van der Waals surface area (Å²) in [7, 11) is -15.4. The number of nitrogens with zero attached hydrogens (tertiary/aromatic N) is 6. The first-order valence-electron chi connectivity index (χ1n) is 40.0. The molecule has 0 bridgehead atoms. The van der Waals surface area contributed by atoms with E-state index in [-0.39, 0.29) is 112 Å². The van der Waals surface area contributed by atoms with Crippen LogP contribution in [0.3, 0.4) is 0 Å². The predicted octanol–water partition coefficient (Wildman–Crippen LogP) is 4.19. The number of nitrogen functional groups attached to an aromatic ring is 1. The monoisotopic (exact) mass is 1770 g/mol. The first-order chi connectivity index (χ1) is 57.3. The number of carbonyl (C=O) groups is 11. The van der Waals surface area contributed by atoms with Crippen molar-refractivity contribution in [3.8, 4) is 11.8 Å². The lowest BCUT2D eigenvalue weighted by atomic mass is 9.65. The quantitative estimate of drug-likeness (QED) is 0.0214. The van der Waals surface area contributed by atoms with E-state index in [0.717, 1.165) is 46.9 Å². The number of likely N-dealkylation sites (tertiary alicyclic amines) is 2. The Kier molecular flexibility index (Phi) is 36.3. The normalized spacial score (nSPS) is 20.8. The number of aliphatic imine (C=N–C) groups is 1. The van der Waals surface area contributed by atoms with Crippen molar-refractivity contribution in [1.82, 2.24) is 50.8 Å². The molecule has 662 valence electrons. The van der Waals surface area contributed by atoms with Crippen molar-refractivity contribution in [3.05, 3.63) is 115 Å². The zero-order valence-electron chi connectivity index (χ0n) is 67.8. The first kappa shape index (κ1) is 97.1. The fraction of sp³-hybridized carbons (Fsp3) is 0.564. The summed E-state index contributed by atoms with van der Waals surface area (Å²) in [6.07, 6.45) is 5.55. The van der Waals surface area contributed by atoms with Crippen LogP contribution < -0.4 is 38.0 Å². The van der Waals surface area contributed by atoms with Crippen molar-refractivity contribution in [2.24, 2.45) is 10.9 Å². The number of benzene rings is 2. The van der Waals surface area contributed by atoms with Crippen LogP contribution in [0, 0.1) is 24.7 Å². The Morgan fingerprint density at radius 1 is 0.785 bits per heavy atom. The third kappa shape index (κ3) is 28.6. The number of amides is 8. The second-order valence-corrected chi connectivity index (χ2v) is 35.7. The lowest BCUT2D eigenvalue weighted by Crippen LogP contribution is -2.56. The SMILES string of the molecule is CCCc1cc2c(cc1C)C(c1ccccc1C(=O)N(C)CCCC(=O)N1CCCC1C(=O)N1CCCC1C(=O)NC(CCCCSCCC(=O)NCC#Cc1cn([C@H]3CC(O)[C@@H](COP(=O)(O)OP(=O)(O)OP(=O)(O)O)O3)c(=O)nc1N)C(=O)NCCCCCC(=O)NC(CC(=O)O)C(=O)NC(CC(=O)O)C(=O)O)C1C=C(C)C(=NCC)C=C1C2. The van der Waals surface area contributed by atoms with Gasteiger partial charge in [-0.2, -0.15) is 25.4 Å². The summed E-state index contributed by atoms with van der Waals surface area (Å²) in [4.78, 5) is 208. The van der Waals surface area contributed by atoms with E-state index in [1.165, 1.54) is 44.5 Å². The third-order valence-electron chi connectivity index (χ3n) is 21.0. The number of aryl methyl sites for hydroxylation is 2. The van der Waals surface area contributed by atoms with Crippen molar-refractivity contribution >= 4 is 112 Å². The van der Waals surface area contributed by atoms with Crippen LogP contribution >= 0.6 is 35.2 Å². The maximum atomic E-state index is 14.8. The van der Waals surface area contributed by atoms with E-state index >= 15 is 0 Å². The molecular weight excluding hydrogens is 1660 g/mol. The second-order valence-electron chi connectivity index (χ2n) is 30.1. The molecule has 0 radical (unpaired) electrons. The summed E-state index contributed by atoms with van der Waals surface area (Å²) in [6.45, 7) is 8.74. The number of ether oxygens (including phenoxy) is 1. The van der Waals surface area contributed by atoms with Crippen molar-refractivity contribution in [1.29, 1.82) is 0 Å². The van der Waals surface area contributed by atoms with Gasteiger partial charge in [-0.05, 0) is 143 Å². The zero-order chi connectivity index (χ0) is 88.6. The Labute approximate surface area is 702 Å². The van der Waals surface area contributed by atoms with Gasteiger partial charge in [0, 0.05) is 94.8 Å². The van der Waals surface area contributed by atoms with Crippen molar-refractivity contribution in [2.75, 3.05) is 70.2 Å². The third-order valence-corrected chi connectivity index (χ3v) is 25.9. The fourth-order valence-corrected chi connectivity index (χ4v) is 19.2. The van der Waals surface area contributed by atoms with E-state index in [0.29, 0.717) is 81.5 Å². The highest BCUT2D eigenvalue weighted by Gasteiger charge is 2.46. The molecule has 2 aromatic carbocycles. The Balaban J connectivity index is 0.839. The van der Waals surface area contributed by atoms with Crippen LogP contribution in [0.4, 0.5) is 5.82 Å². The molecule has 0 saturated carbocycles. The molecule has 2 aliphatic carbocycles. The minimum Gasteiger partial charge on any atom is -0.481 e. The van der Waals surface area contributed by atoms with E-state index < -0.39 is 145 Å². The van der Waals surface area contributed by atoms with Crippen LogP contribution in [0.25, 0.3) is 0 Å². The van der Waals surface area contributed by atoms with E-state index in [2.05, 4.69) is 96.3 Å². The predicted molar refractivity (Wildman–Crippen MR) is 438 cm³/mol. The number of nitrogens with one attached hydrogen (secondary N) is 5. The van der Waals surface area contributed by atoms with Gasteiger partial charge in [0.15, 0.2) is 0 Å². The number of anilines is 1. The van der Waals surface area contributed by atoms with E-state index in [4.69, 9.17) is 30.4 Å². The summed E-state index contributed by atoms with van der Waals surface area (Å²) in [5.41, 5.74) is 14.7. The number of carboxylic acid groups (broad SMARTS) is 3. The fourth-order valence-electron chi connectivity index (χ4n) is 15.2. The summed E-state index contributed by atoms with van der Waals surface area (Å²) in [6, 6.07) is 5.82. The minimum absolute atomic E-state index is 0.000974. The molecule has 43 heteroatoms. The van der Waals surface area contributed by atoms with Gasteiger partial charge in [0.2, 0.25) is 41.4 Å². The number of rotatable bonds is 44. The average Bonchev–Trinajstić information content (AvgIpc) is 1.27. The number of unbranched alkanes of at least 4 members (excludes halogenated alkanes) is 3. The van der Waals surface area contributed by atoms with Gasteiger partial charge >= 0.3 is 47.1 Å². The molecule has 3 aliphatic heterocycles. The van der Waals surface area contributed by atoms with Gasteiger partial charge in [-0.1, -0.05) is 80.0 Å². The average molecular weight is 1770 g/mol. The molecular formula is C78H107N12O27P3S. The highest BCUT2D eigenvalue weighted by Crippen LogP contribution is 2.66. The Bertz CT molecular complexity index is 4720. The highest BCUT2D eigenvalue weighted by atomic mass is 32.2. The number of phosphoric acid groups is 3. The van der Waals surface area contributed by atoms with Gasteiger partial charge in [-0.25, -0.2) is 23.3 Å². The standard InChI is InChI=1S/C78H107N12O27P3S/c1-6-19-48-38-50-39-51-40-57(80-7-2)47(4)37-55(51)70(54(50)36-46(48)3)52-21-10-11-22-53(52)75(102)87(5)31-18-27-66(94)88-32-17-25-61(88)76(103)89-33-16-24-60(89)74(101)84-56(72(99)82-29-13-8-9-26-65(93)83-58(41-68(95)96)73(100)85-59(77(104)105)42-69(97)98)23-12-14-34-121-35-28-64(92)81-30-15-20-49-44-90(78(106)86-71(49)79)67-43-62(91)63(115-67)45-114-119(110,111)117-120(112,113)116-118(107,108)109/h10-11,21-22,36-38,40,44,55-56,58-63,67,70,91H,6-9,12-14,16-19,23-35,39,41-43,45H2,1-5H3,(H,81,92)(H,82,99)(H,83,93)(H,84,101)(H,85,100)(H,95,96)(H,97,98)(H,104,105)(H,110,111)(H,112,113)(H2,79,86,106)(H2,107,108,109)/t55?,56?,58?,59?,60?,61?,62?,63-,67-,70?/m1/s1. The molecule has 10 unspecified atom stereocenters. The number of allylic oxidation sites excluding steroid dienone is 4. The molecule has 0 spiro atoms. The molecule has 3 fully saturated rings. The number of phosphoric ester groups is 1. The van der Waals surface area contributed by atoms with Gasteiger partial charge in [-0.3, -0.25) is 62.0 Å². The summed E-state index contributed by atoms with van der Waals surface area (Å²) < 4.78 is 53.3. The number of aliphatic carboxylic acids is 3. The van der Waals surface area contributed by atoms with Crippen LogP contribution in [0.1, 0.15) is 192 Å². The first-order valence-corrected chi connectivity index (χ1v) is 45.6. The number of aliphatic hydroxyl groups excluding tert-OH is 1. The molecule has 1 aromatic heterocycles. The highest BCUT2D eigenvalue weighted by molar-refractivity contribution is 7.99. The van der Waals surface area contributed by atoms with E-state index in [1.807, 2.05) is 36.5 Å². The van der Waals surface area contributed by atoms with Crippen LogP contribution in [-0.2, 0) is 92.4 Å². The van der Waals surface area contributed by atoms with Crippen LogP contribution in [-0.4, -0.2) is 242 Å². The number of nitrogens with two attached hydrogens (primary N) is 1. The second kappa shape index (κ2) is 45.2. The maximum absolute atomic E-state index is 14.8. The Morgan fingerprint density at radius 3 is 2.20 bits per heavy atom. The topological polar surface area (TPSA) is 581 Å². The Morgan fingerprint density at radius 2 is 1.50 bits per heavy atom. The van der Waals surface area contributed by atoms with Gasteiger partial charge in [0.1, 0.15) is 48.4 Å². The number of carboxylic acids is 3. The van der Waals surface area contributed by atoms with Gasteiger partial charge < -0.3 is 91.8 Å². The smallest absolute Gasteiger partial charge is 0.481 e. The summed E-state index contributed by atoms with van der Waals surface area (Å²) in [5, 5.41) is 51.0. The number of aliphatic hydroxyl groups is 1. The van der Waals surface area contributed by atoms with Gasteiger partial charge in [0.25, 0.3) is 5.91 Å². The molecule has 5 aliphatic rings. The van der Waals surface area contributed by atoms with Crippen LogP contribution in [0.2, 0.25) is 0 Å². The number of hydrogen-bond donors (Lipinski definition) is 14. The molecule has 15 N–H and O–H groups in total. The van der Waals surface area contributed by atoms with Crippen LogP contribution in [0.15, 0.2) is 75.7 Å². The molecule has 8 rings (SSSR count). The van der Waals surface area contributed by atoms with Crippen LogP contribution in [0.5, 0.6) is 0 Å². The van der Waals surface area contributed by atoms with Crippen molar-refractivity contribution < 1.29 is 124 Å². The number of aromatic nitrogens is 2. The molecule has 39 nitrogen and oxygen atoms in total. The molecule has 121 heavy (non-hydrogen) atoms. The number of carbonyl (C=O) groups excluding carboxylic acids is 8. The Hall–Kier alpha value is -9.32. The van der Waals surface area contributed by atoms with Gasteiger partial charge in [0.05, 0.1) is 43.4 Å². The lowest BCUT2D eigenvalue weighted by Gasteiger charge is -2.38. The minimum atomic E-state index is -5.84. The van der Waals surface area contributed by atoms with Gasteiger partial charge in [-0.15, -0.1) is 0 Å². The maximum Gasteiger partial charge on any atom is 0.490 e. The molecule has 3 saturated heterocycles. The number of thioether (sulfide) groups is 1. The van der Waals surface area contributed by atoms with Crippen molar-refractivity contribution in [3.63, 3.8) is 0 Å². The molecule has 3 aromatic rings.